The average Bonchev–Trinajstić information content (AvgIpc) is 3.05. The Morgan fingerprint density at radius 2 is 1.89 bits per heavy atom. The first-order valence-electron chi connectivity index (χ1n) is 8.87. The summed E-state index contributed by atoms with van der Waals surface area (Å²) < 4.78 is 6.38. The number of hydrogen-bond donors (Lipinski definition) is 0. The van der Waals surface area contributed by atoms with Crippen molar-refractivity contribution in [3.05, 3.63) is 53.1 Å². The SMILES string of the molecule is COc1cccc(C(=O)N(CCN(C)C)c2nc3c(C)cc(C)cc3s2)c1.Cl. The van der Waals surface area contributed by atoms with Gasteiger partial charge in [0.2, 0.25) is 0 Å². The van der Waals surface area contributed by atoms with Crippen LogP contribution in [0.4, 0.5) is 5.13 Å². The van der Waals surface area contributed by atoms with Crippen molar-refractivity contribution in [2.75, 3.05) is 39.2 Å². The largest absolute Gasteiger partial charge is 0.497 e. The van der Waals surface area contributed by atoms with Crippen molar-refractivity contribution in [2.24, 2.45) is 0 Å². The molecule has 0 bridgehead atoms. The lowest BCUT2D eigenvalue weighted by Gasteiger charge is -2.22. The fourth-order valence-electron chi connectivity index (χ4n) is 2.97. The van der Waals surface area contributed by atoms with E-state index in [0.29, 0.717) is 17.9 Å². The van der Waals surface area contributed by atoms with Gasteiger partial charge in [-0.05, 0) is 63.3 Å². The van der Waals surface area contributed by atoms with E-state index in [1.54, 1.807) is 29.4 Å². The van der Waals surface area contributed by atoms with Gasteiger partial charge in [-0.3, -0.25) is 9.69 Å². The molecule has 0 aliphatic heterocycles. The van der Waals surface area contributed by atoms with E-state index in [9.17, 15) is 4.79 Å². The maximum atomic E-state index is 13.3. The van der Waals surface area contributed by atoms with Crippen LogP contribution in [0, 0.1) is 13.8 Å². The Morgan fingerprint density at radius 3 is 2.57 bits per heavy atom. The molecule has 0 unspecified atom stereocenters. The smallest absolute Gasteiger partial charge is 0.260 e. The number of carbonyl (C=O) groups excluding carboxylic acids is 1. The monoisotopic (exact) mass is 419 g/mol. The Balaban J connectivity index is 0.00000280. The van der Waals surface area contributed by atoms with Crippen LogP contribution in [0.5, 0.6) is 5.75 Å². The maximum Gasteiger partial charge on any atom is 0.260 e. The minimum Gasteiger partial charge on any atom is -0.497 e. The fraction of sp³-hybridized carbons (Fsp3) is 0.333. The van der Waals surface area contributed by atoms with E-state index in [-0.39, 0.29) is 18.3 Å². The Morgan fingerprint density at radius 1 is 1.14 bits per heavy atom. The van der Waals surface area contributed by atoms with Crippen molar-refractivity contribution in [2.45, 2.75) is 13.8 Å². The molecule has 7 heteroatoms. The lowest BCUT2D eigenvalue weighted by Crippen LogP contribution is -2.36. The Bertz CT molecular complexity index is 971. The number of anilines is 1. The van der Waals surface area contributed by atoms with Gasteiger partial charge in [-0.2, -0.15) is 0 Å². The standard InChI is InChI=1S/C21H25N3O2S.ClH/c1-14-11-15(2)19-18(12-14)27-21(22-19)24(10-9-23(3)4)20(25)16-7-6-8-17(13-16)26-5;/h6-8,11-13H,9-10H2,1-5H3;1H. The Hall–Kier alpha value is -2.15. The molecule has 0 fully saturated rings. The number of benzene rings is 2. The van der Waals surface area contributed by atoms with Gasteiger partial charge >= 0.3 is 0 Å². The van der Waals surface area contributed by atoms with Crippen LogP contribution < -0.4 is 9.64 Å². The second-order valence-corrected chi connectivity index (χ2v) is 7.93. The molecule has 2 aromatic carbocycles. The highest BCUT2D eigenvalue weighted by Crippen LogP contribution is 2.32. The number of amides is 1. The number of hydrogen-bond acceptors (Lipinski definition) is 5. The second-order valence-electron chi connectivity index (χ2n) is 6.92. The summed E-state index contributed by atoms with van der Waals surface area (Å²) >= 11 is 1.56. The highest BCUT2D eigenvalue weighted by Gasteiger charge is 2.22. The molecule has 0 saturated heterocycles. The highest BCUT2D eigenvalue weighted by molar-refractivity contribution is 7.22. The number of likely N-dealkylation sites (N-methyl/N-ethyl adjacent to an activating group) is 1. The van der Waals surface area contributed by atoms with Gasteiger partial charge in [-0.15, -0.1) is 12.4 Å². The van der Waals surface area contributed by atoms with Gasteiger partial charge in [0.1, 0.15) is 5.75 Å². The molecule has 0 spiro atoms. The number of fused-ring (bicyclic) bond motifs is 1. The highest BCUT2D eigenvalue weighted by atomic mass is 35.5. The molecule has 0 saturated carbocycles. The topological polar surface area (TPSA) is 45.7 Å². The zero-order valence-corrected chi connectivity index (χ0v) is 18.5. The summed E-state index contributed by atoms with van der Waals surface area (Å²) in [4.78, 5) is 21.9. The quantitative estimate of drug-likeness (QED) is 0.587. The van der Waals surface area contributed by atoms with Crippen LogP contribution in [-0.4, -0.2) is 50.1 Å². The number of aromatic nitrogens is 1. The number of methoxy groups -OCH3 is 1. The van der Waals surface area contributed by atoms with Gasteiger partial charge in [-0.1, -0.05) is 23.5 Å². The van der Waals surface area contributed by atoms with Crippen LogP contribution >= 0.6 is 23.7 Å². The summed E-state index contributed by atoms with van der Waals surface area (Å²) in [7, 11) is 5.60. The molecule has 0 aliphatic carbocycles. The van der Waals surface area contributed by atoms with Crippen molar-refractivity contribution in [1.82, 2.24) is 9.88 Å². The van der Waals surface area contributed by atoms with Gasteiger partial charge in [-0.25, -0.2) is 4.98 Å². The molecule has 3 aromatic rings. The van der Waals surface area contributed by atoms with E-state index in [4.69, 9.17) is 9.72 Å². The first-order valence-corrected chi connectivity index (χ1v) is 9.69. The average molecular weight is 420 g/mol. The Kier molecular flexibility index (Phi) is 7.41. The number of rotatable bonds is 6. The van der Waals surface area contributed by atoms with E-state index >= 15 is 0 Å². The number of ether oxygens (including phenoxy) is 1. The summed E-state index contributed by atoms with van der Waals surface area (Å²) in [6, 6.07) is 11.5. The van der Waals surface area contributed by atoms with Crippen LogP contribution in [0.3, 0.4) is 0 Å². The van der Waals surface area contributed by atoms with Crippen molar-refractivity contribution < 1.29 is 9.53 Å². The molecule has 1 aromatic heterocycles. The number of carbonyl (C=O) groups is 1. The van der Waals surface area contributed by atoms with Gasteiger partial charge in [0.25, 0.3) is 5.91 Å². The van der Waals surface area contributed by atoms with Crippen LogP contribution in [0.1, 0.15) is 21.5 Å². The van der Waals surface area contributed by atoms with Gasteiger partial charge < -0.3 is 9.64 Å². The number of nitrogens with zero attached hydrogens (tertiary/aromatic N) is 3. The van der Waals surface area contributed by atoms with Crippen LogP contribution in [0.2, 0.25) is 0 Å². The third-order valence-electron chi connectivity index (χ3n) is 4.38. The number of thiazole rings is 1. The molecule has 1 heterocycles. The van der Waals surface area contributed by atoms with E-state index in [1.807, 2.05) is 32.3 Å². The van der Waals surface area contributed by atoms with Crippen molar-refractivity contribution in [3.63, 3.8) is 0 Å². The Labute approximate surface area is 176 Å². The molecular weight excluding hydrogens is 394 g/mol. The van der Waals surface area contributed by atoms with Crippen molar-refractivity contribution in [3.8, 4) is 5.75 Å². The third kappa shape index (κ3) is 4.82. The van der Waals surface area contributed by atoms with E-state index in [1.165, 1.54) is 5.56 Å². The lowest BCUT2D eigenvalue weighted by molar-refractivity contribution is 0.0985. The van der Waals surface area contributed by atoms with Crippen molar-refractivity contribution >= 4 is 45.0 Å². The van der Waals surface area contributed by atoms with E-state index in [2.05, 4.69) is 30.9 Å². The molecule has 1 amide bonds. The summed E-state index contributed by atoms with van der Waals surface area (Å²) in [6.45, 7) is 5.47. The van der Waals surface area contributed by atoms with Crippen LogP contribution in [0.25, 0.3) is 10.2 Å². The summed E-state index contributed by atoms with van der Waals surface area (Å²) in [5, 5.41) is 0.730. The zero-order chi connectivity index (χ0) is 19.6. The lowest BCUT2D eigenvalue weighted by atomic mass is 10.1. The molecule has 28 heavy (non-hydrogen) atoms. The normalized spacial score (nSPS) is 10.8. The first-order chi connectivity index (χ1) is 12.9. The predicted molar refractivity (Wildman–Crippen MR) is 120 cm³/mol. The van der Waals surface area contributed by atoms with Gasteiger partial charge in [0.05, 0.1) is 17.3 Å². The maximum absolute atomic E-state index is 13.3. The number of aryl methyl sites for hydroxylation is 2. The van der Waals surface area contributed by atoms with Crippen LogP contribution in [0.15, 0.2) is 36.4 Å². The predicted octanol–water partition coefficient (Wildman–Crippen LogP) is 4.55. The number of halogens is 1. The first kappa shape index (κ1) is 22.1. The minimum atomic E-state index is -0.0656. The fourth-order valence-corrected chi connectivity index (χ4v) is 4.14. The summed E-state index contributed by atoms with van der Waals surface area (Å²) in [6.07, 6.45) is 0. The molecule has 0 aliphatic rings. The van der Waals surface area contributed by atoms with E-state index < -0.39 is 0 Å². The molecular formula is C21H26ClN3O2S. The van der Waals surface area contributed by atoms with Gasteiger partial charge in [0, 0.05) is 18.7 Å². The summed E-state index contributed by atoms with van der Waals surface area (Å²) in [5.74, 6) is 0.605. The van der Waals surface area contributed by atoms with E-state index in [0.717, 1.165) is 27.5 Å². The van der Waals surface area contributed by atoms with Crippen LogP contribution in [-0.2, 0) is 0 Å². The molecule has 0 atom stereocenters. The third-order valence-corrected chi connectivity index (χ3v) is 5.41. The zero-order valence-electron chi connectivity index (χ0n) is 16.9. The van der Waals surface area contributed by atoms with Gasteiger partial charge in [0.15, 0.2) is 5.13 Å². The minimum absolute atomic E-state index is 0. The van der Waals surface area contributed by atoms with Crippen molar-refractivity contribution in [1.29, 1.82) is 0 Å². The molecule has 150 valence electrons. The molecule has 0 N–H and O–H groups in total. The molecule has 0 radical (unpaired) electrons. The molecule has 3 rings (SSSR count). The summed E-state index contributed by atoms with van der Waals surface area (Å²) in [5.41, 5.74) is 3.90. The second kappa shape index (κ2) is 9.37. The molecule has 5 nitrogen and oxygen atoms in total.